The number of aromatic hydroxyl groups is 1. The Hall–Kier alpha value is -3.14. The van der Waals surface area contributed by atoms with Crippen molar-refractivity contribution >= 4 is 11.6 Å². The van der Waals surface area contributed by atoms with Crippen LogP contribution < -0.4 is 4.74 Å². The van der Waals surface area contributed by atoms with E-state index in [1.54, 1.807) is 42.5 Å². The third kappa shape index (κ3) is 2.33. The molecular weight excluding hydrogens is 304 g/mol. The number of ketones is 2. The lowest BCUT2D eigenvalue weighted by atomic mass is 9.82. The Morgan fingerprint density at radius 3 is 2.38 bits per heavy atom. The van der Waals surface area contributed by atoms with Crippen LogP contribution in [0.25, 0.3) is 0 Å². The van der Waals surface area contributed by atoms with Crippen LogP contribution in [0.3, 0.4) is 0 Å². The number of benzene rings is 2. The van der Waals surface area contributed by atoms with Crippen LogP contribution in [0.5, 0.6) is 11.5 Å². The molecule has 0 fully saturated rings. The molecule has 0 aromatic heterocycles. The quantitative estimate of drug-likeness (QED) is 0.731. The SMILES string of the molecule is C=CCOc1cccc2c1C(=O)c1ccc(CC=C)c(O)c1C2=O. The molecule has 3 rings (SSSR count). The molecule has 0 unspecified atom stereocenters. The van der Waals surface area contributed by atoms with Crippen molar-refractivity contribution in [1.82, 2.24) is 0 Å². The minimum absolute atomic E-state index is 0.0488. The van der Waals surface area contributed by atoms with Crippen molar-refractivity contribution < 1.29 is 19.4 Å². The first kappa shape index (κ1) is 15.7. The van der Waals surface area contributed by atoms with E-state index in [0.717, 1.165) is 0 Å². The van der Waals surface area contributed by atoms with Gasteiger partial charge < -0.3 is 9.84 Å². The molecule has 1 aliphatic carbocycles. The molecule has 4 heteroatoms. The minimum Gasteiger partial charge on any atom is -0.507 e. The number of phenols is 1. The number of carbonyl (C=O) groups is 2. The van der Waals surface area contributed by atoms with Gasteiger partial charge in [-0.25, -0.2) is 0 Å². The van der Waals surface area contributed by atoms with Crippen molar-refractivity contribution in [2.45, 2.75) is 6.42 Å². The van der Waals surface area contributed by atoms with Crippen LogP contribution in [0, 0.1) is 0 Å². The highest BCUT2D eigenvalue weighted by Gasteiger charge is 2.34. The molecule has 24 heavy (non-hydrogen) atoms. The Bertz CT molecular complexity index is 877. The summed E-state index contributed by atoms with van der Waals surface area (Å²) in [7, 11) is 0. The highest BCUT2D eigenvalue weighted by molar-refractivity contribution is 6.30. The average Bonchev–Trinajstić information content (AvgIpc) is 2.59. The van der Waals surface area contributed by atoms with Crippen LogP contribution >= 0.6 is 0 Å². The van der Waals surface area contributed by atoms with Gasteiger partial charge in [0, 0.05) is 11.1 Å². The predicted octanol–water partition coefficient (Wildman–Crippen LogP) is 3.46. The van der Waals surface area contributed by atoms with Crippen molar-refractivity contribution in [3.63, 3.8) is 0 Å². The van der Waals surface area contributed by atoms with Gasteiger partial charge in [0.25, 0.3) is 0 Å². The van der Waals surface area contributed by atoms with E-state index in [1.807, 2.05) is 0 Å². The molecule has 0 spiro atoms. The topological polar surface area (TPSA) is 63.6 Å². The zero-order valence-electron chi connectivity index (χ0n) is 13.0. The van der Waals surface area contributed by atoms with Gasteiger partial charge in [-0.3, -0.25) is 9.59 Å². The summed E-state index contributed by atoms with van der Waals surface area (Å²) in [6, 6.07) is 8.07. The van der Waals surface area contributed by atoms with E-state index in [2.05, 4.69) is 13.2 Å². The minimum atomic E-state index is -0.382. The summed E-state index contributed by atoms with van der Waals surface area (Å²) in [6.45, 7) is 7.44. The van der Waals surface area contributed by atoms with Gasteiger partial charge in [0.2, 0.25) is 0 Å². The Morgan fingerprint density at radius 2 is 1.67 bits per heavy atom. The van der Waals surface area contributed by atoms with Crippen LogP contribution in [0.4, 0.5) is 0 Å². The van der Waals surface area contributed by atoms with Crippen LogP contribution in [0.2, 0.25) is 0 Å². The van der Waals surface area contributed by atoms with Crippen molar-refractivity contribution in [3.8, 4) is 11.5 Å². The molecule has 120 valence electrons. The largest absolute Gasteiger partial charge is 0.507 e. The second-order valence-electron chi connectivity index (χ2n) is 5.43. The summed E-state index contributed by atoms with van der Waals surface area (Å²) in [4.78, 5) is 25.7. The highest BCUT2D eigenvalue weighted by atomic mass is 16.5. The van der Waals surface area contributed by atoms with E-state index in [4.69, 9.17) is 4.74 Å². The van der Waals surface area contributed by atoms with Crippen molar-refractivity contribution in [1.29, 1.82) is 0 Å². The van der Waals surface area contributed by atoms with Crippen molar-refractivity contribution in [3.05, 3.63) is 83.5 Å². The fourth-order valence-electron chi connectivity index (χ4n) is 2.87. The van der Waals surface area contributed by atoms with E-state index in [-0.39, 0.29) is 46.2 Å². The second kappa shape index (κ2) is 6.16. The zero-order valence-corrected chi connectivity index (χ0v) is 13.0. The molecular formula is C20H16O4. The van der Waals surface area contributed by atoms with Crippen LogP contribution in [-0.2, 0) is 6.42 Å². The standard InChI is InChI=1S/C20H16O4/c1-3-6-12-9-10-14-17(18(12)21)20(23)13-7-5-8-15(24-11-4-2)16(13)19(14)22/h3-5,7-10,21H,1-2,6,11H2. The summed E-state index contributed by atoms with van der Waals surface area (Å²) in [5, 5.41) is 10.4. The summed E-state index contributed by atoms with van der Waals surface area (Å²) < 4.78 is 5.51. The molecule has 0 bridgehead atoms. The number of fused-ring (bicyclic) bond motifs is 2. The molecule has 0 aliphatic heterocycles. The molecule has 0 atom stereocenters. The Morgan fingerprint density at radius 1 is 0.958 bits per heavy atom. The molecule has 1 N–H and O–H groups in total. The van der Waals surface area contributed by atoms with Crippen molar-refractivity contribution in [2.75, 3.05) is 6.61 Å². The number of phenolic OH excluding ortho intramolecular Hbond substituents is 1. The first-order chi connectivity index (χ1) is 11.6. The molecule has 0 saturated heterocycles. The molecule has 0 heterocycles. The van der Waals surface area contributed by atoms with Gasteiger partial charge in [-0.15, -0.1) is 6.58 Å². The lowest BCUT2D eigenvalue weighted by Gasteiger charge is -2.21. The normalized spacial score (nSPS) is 12.3. The molecule has 0 radical (unpaired) electrons. The van der Waals surface area contributed by atoms with E-state index in [1.165, 1.54) is 0 Å². The number of rotatable bonds is 5. The first-order valence-corrected chi connectivity index (χ1v) is 7.52. The number of hydrogen-bond acceptors (Lipinski definition) is 4. The fourth-order valence-corrected chi connectivity index (χ4v) is 2.87. The lowest BCUT2D eigenvalue weighted by Crippen LogP contribution is -2.22. The lowest BCUT2D eigenvalue weighted by molar-refractivity contribution is 0.0973. The fraction of sp³-hybridized carbons (Fsp3) is 0.100. The van der Waals surface area contributed by atoms with Gasteiger partial charge in [0.15, 0.2) is 11.6 Å². The summed E-state index contributed by atoms with van der Waals surface area (Å²) >= 11 is 0. The maximum atomic E-state index is 12.9. The van der Waals surface area contributed by atoms with Crippen molar-refractivity contribution in [2.24, 2.45) is 0 Å². The van der Waals surface area contributed by atoms with E-state index in [9.17, 15) is 14.7 Å². The maximum absolute atomic E-state index is 12.9. The average molecular weight is 320 g/mol. The Kier molecular flexibility index (Phi) is 4.04. The number of allylic oxidation sites excluding steroid dienone is 1. The number of hydrogen-bond donors (Lipinski definition) is 1. The van der Waals surface area contributed by atoms with Crippen LogP contribution in [-0.4, -0.2) is 23.3 Å². The van der Waals surface area contributed by atoms with E-state index >= 15 is 0 Å². The van der Waals surface area contributed by atoms with Gasteiger partial charge in [-0.2, -0.15) is 0 Å². The molecule has 1 aliphatic rings. The molecule has 2 aromatic carbocycles. The van der Waals surface area contributed by atoms with Gasteiger partial charge >= 0.3 is 0 Å². The molecule has 0 saturated carbocycles. The first-order valence-electron chi connectivity index (χ1n) is 7.52. The molecule has 2 aromatic rings. The summed E-state index contributed by atoms with van der Waals surface area (Å²) in [6.07, 6.45) is 3.61. The maximum Gasteiger partial charge on any atom is 0.198 e. The van der Waals surface area contributed by atoms with Gasteiger partial charge in [0.1, 0.15) is 18.1 Å². The second-order valence-corrected chi connectivity index (χ2v) is 5.43. The highest BCUT2D eigenvalue weighted by Crippen LogP contribution is 2.38. The van der Waals surface area contributed by atoms with Gasteiger partial charge in [-0.05, 0) is 24.1 Å². The zero-order chi connectivity index (χ0) is 17.3. The predicted molar refractivity (Wildman–Crippen MR) is 91.0 cm³/mol. The monoisotopic (exact) mass is 320 g/mol. The molecule has 0 amide bonds. The summed E-state index contributed by atoms with van der Waals surface area (Å²) in [5.74, 6) is -0.536. The van der Waals surface area contributed by atoms with Crippen LogP contribution in [0.1, 0.15) is 37.4 Å². The Balaban J connectivity index is 2.20. The number of ether oxygens (including phenoxy) is 1. The van der Waals surface area contributed by atoms with E-state index in [0.29, 0.717) is 17.7 Å². The smallest absolute Gasteiger partial charge is 0.198 e. The third-order valence-electron chi connectivity index (χ3n) is 3.95. The molecule has 4 nitrogen and oxygen atoms in total. The van der Waals surface area contributed by atoms with Gasteiger partial charge in [-0.1, -0.05) is 36.9 Å². The Labute approximate surface area is 139 Å². The third-order valence-corrected chi connectivity index (χ3v) is 3.95. The van der Waals surface area contributed by atoms with Crippen LogP contribution in [0.15, 0.2) is 55.6 Å². The van der Waals surface area contributed by atoms with Gasteiger partial charge in [0.05, 0.1) is 11.1 Å². The summed E-state index contributed by atoms with van der Waals surface area (Å²) in [5.41, 5.74) is 1.26. The van der Waals surface area contributed by atoms with E-state index < -0.39 is 0 Å². The number of carbonyl (C=O) groups excluding carboxylic acids is 2.